The molecule has 0 spiro atoms. The molecule has 0 bridgehead atoms. The van der Waals surface area contributed by atoms with Crippen LogP contribution in [-0.2, 0) is 20.7 Å². The monoisotopic (exact) mass is 675 g/mol. The zero-order chi connectivity index (χ0) is 33.4. The van der Waals surface area contributed by atoms with Gasteiger partial charge in [-0.2, -0.15) is 0 Å². The van der Waals surface area contributed by atoms with Crippen molar-refractivity contribution in [3.8, 4) is 5.75 Å². The fourth-order valence-electron chi connectivity index (χ4n) is 6.98. The van der Waals surface area contributed by atoms with Crippen molar-refractivity contribution in [3.63, 3.8) is 0 Å². The summed E-state index contributed by atoms with van der Waals surface area (Å²) in [4.78, 5) is 32.0. The number of aryl methyl sites for hydroxylation is 1. The highest BCUT2D eigenvalue weighted by Crippen LogP contribution is 2.33. The summed E-state index contributed by atoms with van der Waals surface area (Å²) in [6.07, 6.45) is 17.3. The lowest BCUT2D eigenvalue weighted by Crippen LogP contribution is -2.46. The Bertz CT molecular complexity index is 1420. The van der Waals surface area contributed by atoms with Crippen LogP contribution in [-0.4, -0.2) is 62.8 Å². The molecule has 1 amide bonds. The minimum Gasteiger partial charge on any atom is -0.494 e. The maximum atomic E-state index is 12.8. The van der Waals surface area contributed by atoms with E-state index in [1.165, 1.54) is 73.6 Å². The molecule has 0 N–H and O–H groups in total. The molecule has 262 valence electrons. The van der Waals surface area contributed by atoms with Crippen LogP contribution in [0.1, 0.15) is 109 Å². The Kier molecular flexibility index (Phi) is 14.9. The molecule has 0 unspecified atom stereocenters. The van der Waals surface area contributed by atoms with E-state index in [2.05, 4.69) is 46.4 Å². The van der Waals surface area contributed by atoms with Gasteiger partial charge in [-0.15, -0.1) is 11.3 Å². The number of carbonyl (C=O) groups excluding carboxylic acids is 2. The molecular weight excluding hydrogens is 619 g/mol. The van der Waals surface area contributed by atoms with Gasteiger partial charge >= 0.3 is 5.97 Å². The van der Waals surface area contributed by atoms with Gasteiger partial charge in [0.05, 0.1) is 12.3 Å². The number of hydrogen-bond donors (Lipinski definition) is 0. The van der Waals surface area contributed by atoms with Crippen molar-refractivity contribution >= 4 is 44.7 Å². The van der Waals surface area contributed by atoms with E-state index in [0.717, 1.165) is 75.4 Å². The normalized spacial score (nSPS) is 15.2. The summed E-state index contributed by atoms with van der Waals surface area (Å²) in [5.41, 5.74) is 3.27. The van der Waals surface area contributed by atoms with E-state index < -0.39 is 0 Å². The van der Waals surface area contributed by atoms with E-state index in [0.29, 0.717) is 25.9 Å². The van der Waals surface area contributed by atoms with Crippen LogP contribution in [0.2, 0.25) is 0 Å². The Morgan fingerprint density at radius 3 is 2.31 bits per heavy atom. The van der Waals surface area contributed by atoms with Crippen molar-refractivity contribution in [3.05, 3.63) is 53.4 Å². The molecule has 2 aliphatic heterocycles. The van der Waals surface area contributed by atoms with Gasteiger partial charge in [-0.25, -0.2) is 0 Å². The third-order valence-electron chi connectivity index (χ3n) is 9.92. The fraction of sp³-hybridized carbons (Fsp3) is 0.600. The molecule has 1 fully saturated rings. The number of piperazine rings is 1. The number of amides is 1. The Morgan fingerprint density at radius 2 is 1.54 bits per heavy atom. The lowest BCUT2D eigenvalue weighted by Gasteiger charge is -2.36. The first-order valence-electron chi connectivity index (χ1n) is 18.8. The number of hydrogen-bond acceptors (Lipinski definition) is 7. The van der Waals surface area contributed by atoms with E-state index in [1.54, 1.807) is 4.90 Å². The van der Waals surface area contributed by atoms with Gasteiger partial charge in [-0.05, 0) is 67.4 Å². The lowest BCUT2D eigenvalue weighted by atomic mass is 10.0. The number of fused-ring (bicyclic) bond motifs is 2. The second-order valence-corrected chi connectivity index (χ2v) is 14.5. The molecule has 5 rings (SSSR count). The molecule has 0 atom stereocenters. The topological polar surface area (TPSA) is 62.3 Å². The Hall–Kier alpha value is -3.10. The molecule has 48 heavy (non-hydrogen) atoms. The Balaban J connectivity index is 0.953. The van der Waals surface area contributed by atoms with E-state index in [1.807, 2.05) is 29.5 Å². The highest BCUT2D eigenvalue weighted by Gasteiger charge is 2.26. The molecule has 0 aliphatic carbocycles. The minimum absolute atomic E-state index is 0.00533. The standard InChI is InChI=1S/C40H57N3O4S/c1-2-3-4-5-6-7-8-9-10-11-12-18-40(45)47-32-43-37-31-34(21-19-33(37)20-22-39(43)44)46-29-14-13-24-41-25-27-42(28-26-41)36-16-15-17-38-35(36)23-30-48-38/h15-17,19,21,23,30-31H,2-14,18,20,22,24-29,32H2,1H3. The van der Waals surface area contributed by atoms with Crippen LogP contribution in [0.25, 0.3) is 10.1 Å². The SMILES string of the molecule is CCCCCCCCCCCCCC(=O)OCN1C(=O)CCc2ccc(OCCCCN3CCN(c4cccc5sccc45)CC3)cc21. The van der Waals surface area contributed by atoms with E-state index in [-0.39, 0.29) is 18.6 Å². The van der Waals surface area contributed by atoms with Gasteiger partial charge in [-0.1, -0.05) is 83.3 Å². The third kappa shape index (κ3) is 11.0. The second kappa shape index (κ2) is 19.8. The average molecular weight is 676 g/mol. The number of esters is 1. The van der Waals surface area contributed by atoms with E-state index in [9.17, 15) is 9.59 Å². The average Bonchev–Trinajstić information content (AvgIpc) is 3.60. The maximum absolute atomic E-state index is 12.8. The Morgan fingerprint density at radius 1 is 0.792 bits per heavy atom. The molecular formula is C40H57N3O4S. The zero-order valence-corrected chi connectivity index (χ0v) is 30.1. The molecule has 2 aliphatic rings. The van der Waals surface area contributed by atoms with Gasteiger partial charge in [0, 0.05) is 60.9 Å². The molecule has 0 radical (unpaired) electrons. The molecule has 3 aromatic rings. The van der Waals surface area contributed by atoms with Crippen LogP contribution in [0.15, 0.2) is 47.8 Å². The number of anilines is 2. The van der Waals surface area contributed by atoms with Gasteiger partial charge in [0.25, 0.3) is 0 Å². The summed E-state index contributed by atoms with van der Waals surface area (Å²) in [6, 6.07) is 14.9. The summed E-state index contributed by atoms with van der Waals surface area (Å²) in [5.74, 6) is 0.533. The van der Waals surface area contributed by atoms with E-state index in [4.69, 9.17) is 9.47 Å². The van der Waals surface area contributed by atoms with E-state index >= 15 is 0 Å². The van der Waals surface area contributed by atoms with Crippen LogP contribution in [0, 0.1) is 0 Å². The summed E-state index contributed by atoms with van der Waals surface area (Å²) in [5, 5.41) is 3.56. The first-order chi connectivity index (χ1) is 23.6. The molecule has 0 saturated carbocycles. The van der Waals surface area contributed by atoms with Crippen molar-refractivity contribution in [2.24, 2.45) is 0 Å². The smallest absolute Gasteiger partial charge is 0.307 e. The minimum atomic E-state index is -0.223. The number of carbonyl (C=O) groups is 2. The number of thiophene rings is 1. The van der Waals surface area contributed by atoms with Crippen molar-refractivity contribution in [2.75, 3.05) is 55.9 Å². The van der Waals surface area contributed by atoms with Crippen LogP contribution in [0.3, 0.4) is 0 Å². The highest BCUT2D eigenvalue weighted by atomic mass is 32.1. The van der Waals surface area contributed by atoms with Crippen LogP contribution in [0.4, 0.5) is 11.4 Å². The third-order valence-corrected chi connectivity index (χ3v) is 10.8. The number of unbranched alkanes of at least 4 members (excludes halogenated alkanes) is 11. The first kappa shape index (κ1) is 36.2. The van der Waals surface area contributed by atoms with Gasteiger partial charge in [0.1, 0.15) is 5.75 Å². The van der Waals surface area contributed by atoms with Crippen LogP contribution >= 0.6 is 11.3 Å². The summed E-state index contributed by atoms with van der Waals surface area (Å²) in [6.45, 7) is 8.24. The van der Waals surface area contributed by atoms with Gasteiger partial charge in [-0.3, -0.25) is 19.4 Å². The first-order valence-corrected chi connectivity index (χ1v) is 19.7. The molecule has 8 heteroatoms. The van der Waals surface area contributed by atoms with Crippen LogP contribution < -0.4 is 14.5 Å². The largest absolute Gasteiger partial charge is 0.494 e. The summed E-state index contributed by atoms with van der Waals surface area (Å²) in [7, 11) is 0. The number of ether oxygens (including phenoxy) is 2. The van der Waals surface area contributed by atoms with Crippen LogP contribution in [0.5, 0.6) is 5.75 Å². The Labute approximate surface area is 292 Å². The lowest BCUT2D eigenvalue weighted by molar-refractivity contribution is -0.144. The second-order valence-electron chi connectivity index (χ2n) is 13.5. The predicted octanol–water partition coefficient (Wildman–Crippen LogP) is 9.36. The number of benzene rings is 2. The predicted molar refractivity (Wildman–Crippen MR) is 199 cm³/mol. The zero-order valence-electron chi connectivity index (χ0n) is 29.3. The summed E-state index contributed by atoms with van der Waals surface area (Å²) < 4.78 is 13.1. The maximum Gasteiger partial charge on any atom is 0.307 e. The quantitative estimate of drug-likeness (QED) is 0.0829. The van der Waals surface area contributed by atoms with Crippen molar-refractivity contribution < 1.29 is 19.1 Å². The summed E-state index contributed by atoms with van der Waals surface area (Å²) >= 11 is 1.81. The van der Waals surface area contributed by atoms with Gasteiger partial charge < -0.3 is 14.4 Å². The fourth-order valence-corrected chi connectivity index (χ4v) is 7.79. The van der Waals surface area contributed by atoms with Gasteiger partial charge in [0.2, 0.25) is 5.91 Å². The van der Waals surface area contributed by atoms with Crippen molar-refractivity contribution in [1.29, 1.82) is 0 Å². The molecule has 2 aromatic carbocycles. The van der Waals surface area contributed by atoms with Crippen molar-refractivity contribution in [1.82, 2.24) is 4.90 Å². The van der Waals surface area contributed by atoms with Gasteiger partial charge in [0.15, 0.2) is 6.73 Å². The molecule has 1 saturated heterocycles. The molecule has 1 aromatic heterocycles. The number of nitrogens with zero attached hydrogens (tertiary/aromatic N) is 3. The van der Waals surface area contributed by atoms with Crippen molar-refractivity contribution in [2.45, 2.75) is 110 Å². The molecule has 3 heterocycles. The highest BCUT2D eigenvalue weighted by molar-refractivity contribution is 7.17. The molecule has 7 nitrogen and oxygen atoms in total. The number of rotatable bonds is 21.